The van der Waals surface area contributed by atoms with Gasteiger partial charge in [-0.05, 0) is 31.5 Å². The van der Waals surface area contributed by atoms with Gasteiger partial charge in [-0.2, -0.15) is 10.2 Å². The average Bonchev–Trinajstić information content (AvgIpc) is 3.28. The fraction of sp³-hybridized carbons (Fsp3) is 0.263. The van der Waals surface area contributed by atoms with Crippen LogP contribution < -0.4 is 0 Å². The van der Waals surface area contributed by atoms with Crippen LogP contribution in [-0.2, 0) is 12.8 Å². The number of aromatic nitrogens is 7. The number of aliphatic imine (C=N–C) groups is 1. The maximum Gasteiger partial charge on any atom is 0.162 e. The van der Waals surface area contributed by atoms with Crippen LogP contribution in [0.3, 0.4) is 0 Å². The van der Waals surface area contributed by atoms with E-state index >= 15 is 0 Å². The van der Waals surface area contributed by atoms with Gasteiger partial charge in [0, 0.05) is 31.4 Å². The number of fused-ring (bicyclic) bond motifs is 1. The molecule has 0 saturated carbocycles. The second-order valence-corrected chi connectivity index (χ2v) is 6.17. The first-order chi connectivity index (χ1) is 13.2. The Morgan fingerprint density at radius 1 is 1.19 bits per heavy atom. The maximum atomic E-state index is 4.63. The molecule has 0 spiro atoms. The average molecular weight is 360 g/mol. The molecular weight excluding hydrogens is 340 g/mol. The predicted octanol–water partition coefficient (Wildman–Crippen LogP) is 2.22. The van der Waals surface area contributed by atoms with Crippen molar-refractivity contribution in [2.45, 2.75) is 26.7 Å². The minimum Gasteiger partial charge on any atom is -0.294 e. The standard InChI is InChI=1S/C19H20N8/c1-4-16-17(21-12-26-19(16)23-13(2)25-26)10-15-8-9-22-27(15)18-7-5-6-14(24-18)11-20-3/h5-9,11-12H,4,10H2,1-3H3. The summed E-state index contributed by atoms with van der Waals surface area (Å²) < 4.78 is 3.58. The highest BCUT2D eigenvalue weighted by molar-refractivity contribution is 5.77. The Bertz CT molecular complexity index is 1120. The molecule has 0 unspecified atom stereocenters. The van der Waals surface area contributed by atoms with Gasteiger partial charge >= 0.3 is 0 Å². The Labute approximate surface area is 156 Å². The summed E-state index contributed by atoms with van der Waals surface area (Å²) in [7, 11) is 1.73. The van der Waals surface area contributed by atoms with Gasteiger partial charge in [0.2, 0.25) is 0 Å². The van der Waals surface area contributed by atoms with E-state index in [1.807, 2.05) is 35.9 Å². The lowest BCUT2D eigenvalue weighted by molar-refractivity contribution is 0.781. The van der Waals surface area contributed by atoms with Gasteiger partial charge in [-0.3, -0.25) is 4.99 Å². The Kier molecular flexibility index (Phi) is 4.45. The maximum absolute atomic E-state index is 4.63. The molecule has 8 heteroatoms. The second-order valence-electron chi connectivity index (χ2n) is 6.17. The number of aryl methyl sites for hydroxylation is 2. The largest absolute Gasteiger partial charge is 0.294 e. The van der Waals surface area contributed by atoms with Crippen LogP contribution in [0.25, 0.3) is 11.5 Å². The van der Waals surface area contributed by atoms with Crippen LogP contribution in [0.2, 0.25) is 0 Å². The number of pyridine rings is 1. The van der Waals surface area contributed by atoms with Gasteiger partial charge in [0.25, 0.3) is 0 Å². The summed E-state index contributed by atoms with van der Waals surface area (Å²) in [5.74, 6) is 1.50. The molecule has 136 valence electrons. The van der Waals surface area contributed by atoms with Crippen LogP contribution in [-0.4, -0.2) is 47.6 Å². The van der Waals surface area contributed by atoms with Crippen molar-refractivity contribution in [3.63, 3.8) is 0 Å². The minimum atomic E-state index is 0.638. The third-order valence-electron chi connectivity index (χ3n) is 4.34. The summed E-state index contributed by atoms with van der Waals surface area (Å²) in [4.78, 5) is 17.8. The van der Waals surface area contributed by atoms with Crippen LogP contribution in [0.4, 0.5) is 0 Å². The molecule has 27 heavy (non-hydrogen) atoms. The second kappa shape index (κ2) is 7.06. The summed E-state index contributed by atoms with van der Waals surface area (Å²) in [5, 5.41) is 8.81. The first kappa shape index (κ1) is 17.0. The number of hydrogen-bond acceptors (Lipinski definition) is 6. The Morgan fingerprint density at radius 2 is 2.07 bits per heavy atom. The topological polar surface area (TPSA) is 86.2 Å². The van der Waals surface area contributed by atoms with Crippen LogP contribution >= 0.6 is 0 Å². The molecule has 0 aliphatic rings. The molecule has 0 aliphatic heterocycles. The molecular formula is C19H20N8. The Balaban J connectivity index is 1.74. The third kappa shape index (κ3) is 3.21. The van der Waals surface area contributed by atoms with E-state index in [2.05, 4.69) is 37.1 Å². The first-order valence-corrected chi connectivity index (χ1v) is 8.81. The zero-order valence-electron chi connectivity index (χ0n) is 15.5. The van der Waals surface area contributed by atoms with Gasteiger partial charge in [0.15, 0.2) is 11.5 Å². The van der Waals surface area contributed by atoms with Crippen molar-refractivity contribution in [3.05, 3.63) is 65.3 Å². The minimum absolute atomic E-state index is 0.638. The Hall–Kier alpha value is -3.42. The molecule has 4 heterocycles. The number of rotatable bonds is 5. The van der Waals surface area contributed by atoms with E-state index in [0.29, 0.717) is 6.42 Å². The van der Waals surface area contributed by atoms with E-state index in [9.17, 15) is 0 Å². The summed E-state index contributed by atoms with van der Waals surface area (Å²) in [5.41, 5.74) is 4.75. The normalized spacial score (nSPS) is 11.7. The van der Waals surface area contributed by atoms with E-state index in [0.717, 1.165) is 46.4 Å². The van der Waals surface area contributed by atoms with Crippen molar-refractivity contribution in [1.82, 2.24) is 34.3 Å². The van der Waals surface area contributed by atoms with Gasteiger partial charge in [-0.15, -0.1) is 0 Å². The van der Waals surface area contributed by atoms with Gasteiger partial charge < -0.3 is 0 Å². The quantitative estimate of drug-likeness (QED) is 0.509. The van der Waals surface area contributed by atoms with Gasteiger partial charge in [0.1, 0.15) is 12.2 Å². The van der Waals surface area contributed by atoms with Crippen molar-refractivity contribution in [1.29, 1.82) is 0 Å². The van der Waals surface area contributed by atoms with E-state index in [1.165, 1.54) is 0 Å². The number of nitrogens with zero attached hydrogens (tertiary/aromatic N) is 8. The zero-order chi connectivity index (χ0) is 18.8. The highest BCUT2D eigenvalue weighted by atomic mass is 15.3. The van der Waals surface area contributed by atoms with Crippen molar-refractivity contribution in [3.8, 4) is 5.82 Å². The van der Waals surface area contributed by atoms with Gasteiger partial charge in [-0.25, -0.2) is 24.1 Å². The fourth-order valence-corrected chi connectivity index (χ4v) is 3.17. The van der Waals surface area contributed by atoms with Crippen LogP contribution in [0.1, 0.15) is 35.4 Å². The fourth-order valence-electron chi connectivity index (χ4n) is 3.17. The van der Waals surface area contributed by atoms with Gasteiger partial charge in [0.05, 0.1) is 17.1 Å². The molecule has 0 N–H and O–H groups in total. The molecule has 0 saturated heterocycles. The smallest absolute Gasteiger partial charge is 0.162 e. The molecule has 4 aromatic rings. The number of hydrogen-bond donors (Lipinski definition) is 0. The molecule has 0 atom stereocenters. The lowest BCUT2D eigenvalue weighted by Crippen LogP contribution is -2.09. The van der Waals surface area contributed by atoms with Gasteiger partial charge in [-0.1, -0.05) is 13.0 Å². The molecule has 4 rings (SSSR count). The van der Waals surface area contributed by atoms with E-state index in [4.69, 9.17) is 0 Å². The summed E-state index contributed by atoms with van der Waals surface area (Å²) in [6.45, 7) is 4.00. The highest BCUT2D eigenvalue weighted by Gasteiger charge is 2.15. The van der Waals surface area contributed by atoms with Crippen molar-refractivity contribution >= 4 is 11.9 Å². The first-order valence-electron chi connectivity index (χ1n) is 8.81. The third-order valence-corrected chi connectivity index (χ3v) is 4.34. The highest BCUT2D eigenvalue weighted by Crippen LogP contribution is 2.18. The van der Waals surface area contributed by atoms with Crippen LogP contribution in [0.15, 0.2) is 41.8 Å². The Morgan fingerprint density at radius 3 is 2.89 bits per heavy atom. The van der Waals surface area contributed by atoms with Crippen molar-refractivity contribution in [2.24, 2.45) is 4.99 Å². The molecule has 0 aromatic carbocycles. The predicted molar refractivity (Wildman–Crippen MR) is 103 cm³/mol. The molecule has 8 nitrogen and oxygen atoms in total. The van der Waals surface area contributed by atoms with Crippen LogP contribution in [0, 0.1) is 6.92 Å². The van der Waals surface area contributed by atoms with Crippen molar-refractivity contribution < 1.29 is 0 Å². The summed E-state index contributed by atoms with van der Waals surface area (Å²) in [6, 6.07) is 7.79. The molecule has 0 amide bonds. The van der Waals surface area contributed by atoms with Crippen molar-refractivity contribution in [2.75, 3.05) is 7.05 Å². The van der Waals surface area contributed by atoms with E-state index in [1.54, 1.807) is 30.3 Å². The SMILES string of the molecule is CCc1c(Cc2ccnn2-c2cccc(C=NC)n2)ncn2nc(C)nc12. The monoisotopic (exact) mass is 360 g/mol. The summed E-state index contributed by atoms with van der Waals surface area (Å²) >= 11 is 0. The molecule has 4 aromatic heterocycles. The molecule has 0 radical (unpaired) electrons. The molecule has 0 fully saturated rings. The summed E-state index contributed by atoms with van der Waals surface area (Å²) in [6.07, 6.45) is 6.70. The van der Waals surface area contributed by atoms with E-state index < -0.39 is 0 Å². The zero-order valence-corrected chi connectivity index (χ0v) is 15.5. The van der Waals surface area contributed by atoms with E-state index in [-0.39, 0.29) is 0 Å². The molecule has 0 aliphatic carbocycles. The molecule has 0 bridgehead atoms. The lowest BCUT2D eigenvalue weighted by Gasteiger charge is -2.10. The van der Waals surface area contributed by atoms with Crippen LogP contribution in [0.5, 0.6) is 0 Å². The lowest BCUT2D eigenvalue weighted by atomic mass is 10.1.